The van der Waals surface area contributed by atoms with Gasteiger partial charge in [0.2, 0.25) is 11.7 Å². The maximum Gasteiger partial charge on any atom is 0.243 e. The predicted molar refractivity (Wildman–Crippen MR) is 77.1 cm³/mol. The van der Waals surface area contributed by atoms with Crippen molar-refractivity contribution >= 4 is 0 Å². The lowest BCUT2D eigenvalue weighted by atomic mass is 9.84. The van der Waals surface area contributed by atoms with Crippen LogP contribution in [0.15, 0.2) is 4.52 Å². The van der Waals surface area contributed by atoms with Crippen LogP contribution in [-0.2, 0) is 10.3 Å². The fraction of sp³-hybridized carbons (Fsp3) is 0.867. The van der Waals surface area contributed by atoms with Crippen LogP contribution in [0.5, 0.6) is 0 Å². The highest BCUT2D eigenvalue weighted by molar-refractivity contribution is 5.05. The second kappa shape index (κ2) is 6.68. The van der Waals surface area contributed by atoms with Gasteiger partial charge < -0.3 is 15.0 Å². The third-order valence-electron chi connectivity index (χ3n) is 3.97. The first kappa shape index (κ1) is 15.4. The summed E-state index contributed by atoms with van der Waals surface area (Å²) in [6.45, 7) is 6.96. The van der Waals surface area contributed by atoms with Crippen LogP contribution in [0.25, 0.3) is 0 Å². The van der Waals surface area contributed by atoms with Crippen molar-refractivity contribution in [2.24, 2.45) is 11.7 Å². The summed E-state index contributed by atoms with van der Waals surface area (Å²) in [5, 5.41) is 4.17. The second-order valence-electron chi connectivity index (χ2n) is 6.18. The number of hydrogen-bond donors (Lipinski definition) is 1. The zero-order chi connectivity index (χ0) is 14.6. The van der Waals surface area contributed by atoms with Gasteiger partial charge in [-0.05, 0) is 32.1 Å². The molecule has 0 radical (unpaired) electrons. The van der Waals surface area contributed by atoms with Gasteiger partial charge in [-0.3, -0.25) is 0 Å². The van der Waals surface area contributed by atoms with Gasteiger partial charge in [0.1, 0.15) is 5.60 Å². The van der Waals surface area contributed by atoms with Crippen molar-refractivity contribution in [2.45, 2.75) is 70.9 Å². The van der Waals surface area contributed by atoms with Crippen LogP contribution in [0.2, 0.25) is 0 Å². The van der Waals surface area contributed by atoms with Crippen molar-refractivity contribution in [1.29, 1.82) is 0 Å². The molecule has 1 atom stereocenters. The first-order valence-electron chi connectivity index (χ1n) is 7.81. The number of ether oxygens (including phenoxy) is 1. The molecule has 1 aliphatic rings. The first-order chi connectivity index (χ1) is 9.57. The molecule has 0 saturated heterocycles. The van der Waals surface area contributed by atoms with Crippen LogP contribution in [0.4, 0.5) is 0 Å². The molecule has 114 valence electrons. The molecule has 1 saturated carbocycles. The number of rotatable bonds is 6. The molecular formula is C15H27N3O2. The molecule has 2 N–H and O–H groups in total. The van der Waals surface area contributed by atoms with E-state index >= 15 is 0 Å². The summed E-state index contributed by atoms with van der Waals surface area (Å²) in [7, 11) is 0. The Bertz CT molecular complexity index is 405. The predicted octanol–water partition coefficient (Wildman–Crippen LogP) is 3.31. The maximum atomic E-state index is 6.12. The summed E-state index contributed by atoms with van der Waals surface area (Å²) >= 11 is 0. The fourth-order valence-corrected chi connectivity index (χ4v) is 3.01. The molecule has 20 heavy (non-hydrogen) atoms. The summed E-state index contributed by atoms with van der Waals surface area (Å²) in [5.41, 5.74) is 5.76. The molecule has 0 spiro atoms. The zero-order valence-electron chi connectivity index (χ0n) is 12.9. The van der Waals surface area contributed by atoms with E-state index in [9.17, 15) is 0 Å². The van der Waals surface area contributed by atoms with E-state index in [0.29, 0.717) is 24.2 Å². The van der Waals surface area contributed by atoms with Gasteiger partial charge in [-0.2, -0.15) is 4.98 Å². The summed E-state index contributed by atoms with van der Waals surface area (Å²) < 4.78 is 11.4. The Balaban J connectivity index is 2.16. The third kappa shape index (κ3) is 3.38. The van der Waals surface area contributed by atoms with Gasteiger partial charge in [0.05, 0.1) is 6.04 Å². The second-order valence-corrected chi connectivity index (χ2v) is 6.18. The molecule has 0 bridgehead atoms. The van der Waals surface area contributed by atoms with Crippen molar-refractivity contribution in [3.8, 4) is 0 Å². The minimum absolute atomic E-state index is 0.182. The number of nitrogens with zero attached hydrogens (tertiary/aromatic N) is 2. The van der Waals surface area contributed by atoms with Gasteiger partial charge in [-0.25, -0.2) is 0 Å². The SMILES string of the molecule is CCOC1(c2noc([C@@H](N)CC(C)C)n2)CCCCC1. The van der Waals surface area contributed by atoms with E-state index in [1.807, 2.05) is 6.92 Å². The third-order valence-corrected chi connectivity index (χ3v) is 3.97. The molecule has 5 heteroatoms. The van der Waals surface area contributed by atoms with Crippen LogP contribution in [0.3, 0.4) is 0 Å². The van der Waals surface area contributed by atoms with E-state index in [4.69, 9.17) is 15.0 Å². The minimum Gasteiger partial charge on any atom is -0.367 e. The highest BCUT2D eigenvalue weighted by Gasteiger charge is 2.39. The highest BCUT2D eigenvalue weighted by atomic mass is 16.5. The molecule has 0 aliphatic heterocycles. The average Bonchev–Trinajstić information content (AvgIpc) is 2.89. The van der Waals surface area contributed by atoms with Crippen LogP contribution >= 0.6 is 0 Å². The molecule has 5 nitrogen and oxygen atoms in total. The van der Waals surface area contributed by atoms with E-state index < -0.39 is 0 Å². The summed E-state index contributed by atoms with van der Waals surface area (Å²) in [6, 6.07) is -0.182. The van der Waals surface area contributed by atoms with Crippen molar-refractivity contribution in [1.82, 2.24) is 10.1 Å². The molecular weight excluding hydrogens is 254 g/mol. The standard InChI is InChI=1S/C15H27N3O2/c1-4-19-15(8-6-5-7-9-15)14-17-13(20-18-14)12(16)10-11(2)3/h11-12H,4-10,16H2,1-3H3/t12-/m0/s1. The van der Waals surface area contributed by atoms with E-state index in [0.717, 1.165) is 32.1 Å². The Morgan fingerprint density at radius 2 is 2.00 bits per heavy atom. The largest absolute Gasteiger partial charge is 0.367 e. The average molecular weight is 281 g/mol. The summed E-state index contributed by atoms with van der Waals surface area (Å²) in [6.07, 6.45) is 6.36. The molecule has 1 aromatic rings. The van der Waals surface area contributed by atoms with Crippen molar-refractivity contribution < 1.29 is 9.26 Å². The van der Waals surface area contributed by atoms with Gasteiger partial charge in [-0.15, -0.1) is 0 Å². The topological polar surface area (TPSA) is 74.2 Å². The quantitative estimate of drug-likeness (QED) is 0.865. The van der Waals surface area contributed by atoms with Crippen molar-refractivity contribution in [3.63, 3.8) is 0 Å². The normalized spacial score (nSPS) is 20.2. The van der Waals surface area contributed by atoms with Gasteiger partial charge in [0.25, 0.3) is 0 Å². The summed E-state index contributed by atoms with van der Waals surface area (Å²) in [4.78, 5) is 4.55. The highest BCUT2D eigenvalue weighted by Crippen LogP contribution is 2.39. The monoisotopic (exact) mass is 281 g/mol. The fourth-order valence-electron chi connectivity index (χ4n) is 3.01. The Labute approximate surface area is 121 Å². The first-order valence-corrected chi connectivity index (χ1v) is 7.81. The van der Waals surface area contributed by atoms with E-state index in [-0.39, 0.29) is 11.6 Å². The van der Waals surface area contributed by atoms with E-state index in [1.165, 1.54) is 6.42 Å². The molecule has 0 amide bonds. The van der Waals surface area contributed by atoms with Gasteiger partial charge in [-0.1, -0.05) is 38.3 Å². The van der Waals surface area contributed by atoms with E-state index in [1.54, 1.807) is 0 Å². The van der Waals surface area contributed by atoms with Crippen molar-refractivity contribution in [2.75, 3.05) is 6.61 Å². The summed E-state index contributed by atoms with van der Waals surface area (Å²) in [5.74, 6) is 1.74. The molecule has 0 unspecified atom stereocenters. The Hall–Kier alpha value is -0.940. The van der Waals surface area contributed by atoms with E-state index in [2.05, 4.69) is 24.0 Å². The molecule has 0 aromatic carbocycles. The number of nitrogens with two attached hydrogens (primary N) is 1. The molecule has 2 rings (SSSR count). The Morgan fingerprint density at radius 1 is 1.30 bits per heavy atom. The lowest BCUT2D eigenvalue weighted by Gasteiger charge is -2.33. The van der Waals surface area contributed by atoms with Crippen molar-refractivity contribution in [3.05, 3.63) is 11.7 Å². The minimum atomic E-state index is -0.355. The van der Waals surface area contributed by atoms with Gasteiger partial charge in [0.15, 0.2) is 0 Å². The number of aromatic nitrogens is 2. The van der Waals surface area contributed by atoms with Crippen LogP contribution in [0, 0.1) is 5.92 Å². The Kier molecular flexibility index (Phi) is 5.16. The molecule has 1 fully saturated rings. The lowest BCUT2D eigenvalue weighted by molar-refractivity contribution is -0.0777. The smallest absolute Gasteiger partial charge is 0.243 e. The van der Waals surface area contributed by atoms with Gasteiger partial charge >= 0.3 is 0 Å². The number of hydrogen-bond acceptors (Lipinski definition) is 5. The van der Waals surface area contributed by atoms with Crippen LogP contribution in [-0.4, -0.2) is 16.7 Å². The van der Waals surface area contributed by atoms with Crippen LogP contribution in [0.1, 0.15) is 77.1 Å². The van der Waals surface area contributed by atoms with Crippen LogP contribution < -0.4 is 5.73 Å². The lowest BCUT2D eigenvalue weighted by Crippen LogP contribution is -2.33. The molecule has 1 aromatic heterocycles. The molecule has 1 heterocycles. The maximum absolute atomic E-state index is 6.12. The van der Waals surface area contributed by atoms with Gasteiger partial charge in [0, 0.05) is 6.61 Å². The molecule has 1 aliphatic carbocycles. The Morgan fingerprint density at radius 3 is 2.60 bits per heavy atom. The zero-order valence-corrected chi connectivity index (χ0v) is 12.9.